The Morgan fingerprint density at radius 3 is 2.80 bits per heavy atom. The number of nitrogens with zero attached hydrogens (tertiary/aromatic N) is 1. The molecule has 0 spiro atoms. The summed E-state index contributed by atoms with van der Waals surface area (Å²) >= 11 is 0. The van der Waals surface area contributed by atoms with Crippen LogP contribution in [0.1, 0.15) is 32.6 Å². The summed E-state index contributed by atoms with van der Waals surface area (Å²) in [6, 6.07) is 0.518. The number of ether oxygens (including phenoxy) is 1. The predicted molar refractivity (Wildman–Crippen MR) is 63.9 cm³/mol. The van der Waals surface area contributed by atoms with E-state index in [0.29, 0.717) is 12.0 Å². The minimum atomic E-state index is 0.518. The van der Waals surface area contributed by atoms with Gasteiger partial charge >= 0.3 is 0 Å². The first kappa shape index (κ1) is 12.9. The highest BCUT2D eigenvalue weighted by Crippen LogP contribution is 2.20. The second-order valence-corrected chi connectivity index (χ2v) is 4.61. The first-order valence-electron chi connectivity index (χ1n) is 6.27. The Kier molecular flexibility index (Phi) is 6.22. The molecule has 1 aliphatic rings. The van der Waals surface area contributed by atoms with Gasteiger partial charge in [0.25, 0.3) is 0 Å². The van der Waals surface area contributed by atoms with E-state index >= 15 is 0 Å². The topological polar surface area (TPSA) is 38.5 Å². The smallest absolute Gasteiger partial charge is 0.0510 e. The number of hydrogen-bond donors (Lipinski definition) is 1. The zero-order valence-corrected chi connectivity index (χ0v) is 10.2. The average Bonchev–Trinajstić information content (AvgIpc) is 2.73. The van der Waals surface area contributed by atoms with E-state index in [1.54, 1.807) is 0 Å². The van der Waals surface area contributed by atoms with Crippen molar-refractivity contribution in [1.82, 2.24) is 4.90 Å². The first-order valence-corrected chi connectivity index (χ1v) is 6.27. The van der Waals surface area contributed by atoms with Crippen LogP contribution in [0.25, 0.3) is 0 Å². The zero-order valence-electron chi connectivity index (χ0n) is 10.2. The molecular weight excluding hydrogens is 188 g/mol. The molecule has 1 rings (SSSR count). The molecule has 90 valence electrons. The van der Waals surface area contributed by atoms with Crippen LogP contribution in [0.15, 0.2) is 0 Å². The third-order valence-electron chi connectivity index (χ3n) is 3.43. The Hall–Kier alpha value is -0.120. The minimum Gasteiger partial charge on any atom is -0.381 e. The molecular formula is C12H26N2O. The van der Waals surface area contributed by atoms with Crippen molar-refractivity contribution in [2.75, 3.05) is 33.4 Å². The van der Waals surface area contributed by atoms with E-state index in [4.69, 9.17) is 10.5 Å². The lowest BCUT2D eigenvalue weighted by atomic mass is 9.97. The molecule has 1 heterocycles. The molecule has 2 atom stereocenters. The van der Waals surface area contributed by atoms with Gasteiger partial charge in [0.2, 0.25) is 0 Å². The Labute approximate surface area is 94.0 Å². The highest BCUT2D eigenvalue weighted by Gasteiger charge is 2.27. The first-order chi connectivity index (χ1) is 7.29. The van der Waals surface area contributed by atoms with E-state index in [-0.39, 0.29) is 0 Å². The van der Waals surface area contributed by atoms with Gasteiger partial charge in [-0.1, -0.05) is 19.8 Å². The van der Waals surface area contributed by atoms with Gasteiger partial charge < -0.3 is 15.4 Å². The second kappa shape index (κ2) is 7.20. The molecule has 0 bridgehead atoms. The summed E-state index contributed by atoms with van der Waals surface area (Å²) in [6.45, 7) is 6.00. The summed E-state index contributed by atoms with van der Waals surface area (Å²) in [6.07, 6.45) is 5.08. The zero-order chi connectivity index (χ0) is 11.1. The van der Waals surface area contributed by atoms with Crippen molar-refractivity contribution in [3.8, 4) is 0 Å². The van der Waals surface area contributed by atoms with Crippen LogP contribution >= 0.6 is 0 Å². The van der Waals surface area contributed by atoms with Crippen LogP contribution < -0.4 is 5.73 Å². The van der Waals surface area contributed by atoms with Gasteiger partial charge in [-0.3, -0.25) is 0 Å². The molecule has 0 amide bonds. The molecule has 3 heteroatoms. The summed E-state index contributed by atoms with van der Waals surface area (Å²) in [5.41, 5.74) is 5.86. The fourth-order valence-electron chi connectivity index (χ4n) is 2.37. The second-order valence-electron chi connectivity index (χ2n) is 4.61. The molecule has 0 radical (unpaired) electrons. The molecule has 2 N–H and O–H groups in total. The van der Waals surface area contributed by atoms with E-state index in [1.807, 2.05) is 0 Å². The fourth-order valence-corrected chi connectivity index (χ4v) is 2.37. The van der Waals surface area contributed by atoms with Crippen molar-refractivity contribution in [3.05, 3.63) is 0 Å². The van der Waals surface area contributed by atoms with Crippen LogP contribution in [-0.4, -0.2) is 44.3 Å². The van der Waals surface area contributed by atoms with Crippen molar-refractivity contribution in [2.24, 2.45) is 11.7 Å². The number of unbranched alkanes of at least 4 members (excludes halogenated alkanes) is 2. The van der Waals surface area contributed by atoms with Crippen LogP contribution in [0.4, 0.5) is 0 Å². The van der Waals surface area contributed by atoms with Gasteiger partial charge in [0.05, 0.1) is 6.61 Å². The molecule has 2 unspecified atom stereocenters. The summed E-state index contributed by atoms with van der Waals surface area (Å²) in [5.74, 6) is 0.654. The van der Waals surface area contributed by atoms with Crippen LogP contribution in [0, 0.1) is 5.92 Å². The molecule has 1 saturated heterocycles. The number of hydrogen-bond acceptors (Lipinski definition) is 3. The van der Waals surface area contributed by atoms with E-state index < -0.39 is 0 Å². The van der Waals surface area contributed by atoms with Gasteiger partial charge in [-0.2, -0.15) is 0 Å². The Morgan fingerprint density at radius 2 is 2.27 bits per heavy atom. The number of likely N-dealkylation sites (N-methyl/N-ethyl adjacent to an activating group) is 1. The van der Waals surface area contributed by atoms with Crippen molar-refractivity contribution >= 4 is 0 Å². The summed E-state index contributed by atoms with van der Waals surface area (Å²) in [7, 11) is 2.20. The van der Waals surface area contributed by atoms with E-state index in [2.05, 4.69) is 18.9 Å². The van der Waals surface area contributed by atoms with E-state index in [9.17, 15) is 0 Å². The van der Waals surface area contributed by atoms with E-state index in [0.717, 1.165) is 19.8 Å². The monoisotopic (exact) mass is 214 g/mol. The number of rotatable bonds is 7. The van der Waals surface area contributed by atoms with Crippen molar-refractivity contribution in [1.29, 1.82) is 0 Å². The molecule has 0 aromatic heterocycles. The third kappa shape index (κ3) is 4.09. The lowest BCUT2D eigenvalue weighted by Crippen LogP contribution is -2.44. The normalized spacial score (nSPS) is 23.6. The highest BCUT2D eigenvalue weighted by atomic mass is 16.5. The standard InChI is InChI=1S/C12H26N2O/c1-3-4-5-7-14(2)12(9-13)11-6-8-15-10-11/h11-12H,3-10,13H2,1-2H3. The van der Waals surface area contributed by atoms with Gasteiger partial charge in [0.15, 0.2) is 0 Å². The van der Waals surface area contributed by atoms with Crippen LogP contribution in [0.2, 0.25) is 0 Å². The summed E-state index contributed by atoms with van der Waals surface area (Å²) in [4.78, 5) is 2.43. The molecule has 3 nitrogen and oxygen atoms in total. The Balaban J connectivity index is 2.28. The Morgan fingerprint density at radius 1 is 1.47 bits per heavy atom. The maximum Gasteiger partial charge on any atom is 0.0510 e. The lowest BCUT2D eigenvalue weighted by Gasteiger charge is -2.31. The fraction of sp³-hybridized carbons (Fsp3) is 1.00. The number of nitrogens with two attached hydrogens (primary N) is 1. The quantitative estimate of drug-likeness (QED) is 0.652. The van der Waals surface area contributed by atoms with Gasteiger partial charge in [0, 0.05) is 25.1 Å². The van der Waals surface area contributed by atoms with Crippen LogP contribution in [0.3, 0.4) is 0 Å². The average molecular weight is 214 g/mol. The molecule has 1 aliphatic heterocycles. The van der Waals surface area contributed by atoms with Crippen LogP contribution in [-0.2, 0) is 4.74 Å². The maximum absolute atomic E-state index is 5.86. The van der Waals surface area contributed by atoms with Gasteiger partial charge in [-0.25, -0.2) is 0 Å². The van der Waals surface area contributed by atoms with Crippen molar-refractivity contribution in [3.63, 3.8) is 0 Å². The van der Waals surface area contributed by atoms with Gasteiger partial charge in [-0.15, -0.1) is 0 Å². The van der Waals surface area contributed by atoms with Gasteiger partial charge in [-0.05, 0) is 26.4 Å². The van der Waals surface area contributed by atoms with Crippen molar-refractivity contribution < 1.29 is 4.74 Å². The maximum atomic E-state index is 5.86. The van der Waals surface area contributed by atoms with Crippen molar-refractivity contribution in [2.45, 2.75) is 38.6 Å². The highest BCUT2D eigenvalue weighted by molar-refractivity contribution is 4.81. The molecule has 0 aromatic rings. The minimum absolute atomic E-state index is 0.518. The largest absolute Gasteiger partial charge is 0.381 e. The van der Waals surface area contributed by atoms with Gasteiger partial charge in [0.1, 0.15) is 0 Å². The Bertz CT molecular complexity index is 158. The predicted octanol–water partition coefficient (Wildman–Crippen LogP) is 1.47. The molecule has 1 fully saturated rings. The molecule has 0 aromatic carbocycles. The summed E-state index contributed by atoms with van der Waals surface area (Å²) in [5, 5.41) is 0. The molecule has 15 heavy (non-hydrogen) atoms. The lowest BCUT2D eigenvalue weighted by molar-refractivity contribution is 0.139. The van der Waals surface area contributed by atoms with Crippen LogP contribution in [0.5, 0.6) is 0 Å². The van der Waals surface area contributed by atoms with E-state index in [1.165, 1.54) is 32.2 Å². The third-order valence-corrected chi connectivity index (χ3v) is 3.43. The molecule has 0 aliphatic carbocycles. The summed E-state index contributed by atoms with van der Waals surface area (Å²) < 4.78 is 5.43. The molecule has 0 saturated carbocycles. The SMILES string of the molecule is CCCCCN(C)C(CN)C1CCOC1.